The van der Waals surface area contributed by atoms with E-state index in [1.165, 1.54) is 14.2 Å². The summed E-state index contributed by atoms with van der Waals surface area (Å²) in [7, 11) is -1.13. The van der Waals surface area contributed by atoms with Gasteiger partial charge in [-0.25, -0.2) is 0 Å². The van der Waals surface area contributed by atoms with Crippen LogP contribution in [-0.2, 0) is 14.9 Å². The molecule has 0 atom stereocenters. The Kier molecular flexibility index (Phi) is 5.86. The van der Waals surface area contributed by atoms with Crippen LogP contribution < -0.4 is 9.47 Å². The topological polar surface area (TPSA) is 93.1 Å². The minimum Gasteiger partial charge on any atom is -0.497 e. The molecule has 0 radical (unpaired) electrons. The molecule has 0 unspecified atom stereocenters. The van der Waals surface area contributed by atoms with Crippen LogP contribution in [0.5, 0.6) is 11.5 Å². The van der Waals surface area contributed by atoms with Gasteiger partial charge in [0.15, 0.2) is 0 Å². The summed E-state index contributed by atoms with van der Waals surface area (Å²) in [4.78, 5) is 13.9. The van der Waals surface area contributed by atoms with E-state index >= 15 is 0 Å². The molecule has 1 saturated heterocycles. The van der Waals surface area contributed by atoms with E-state index in [2.05, 4.69) is 0 Å². The van der Waals surface area contributed by atoms with E-state index in [1.807, 2.05) is 0 Å². The van der Waals surface area contributed by atoms with Gasteiger partial charge in [0.25, 0.3) is 16.0 Å². The van der Waals surface area contributed by atoms with Crippen molar-refractivity contribution in [3.05, 3.63) is 28.7 Å². The van der Waals surface area contributed by atoms with Gasteiger partial charge in [-0.2, -0.15) is 8.42 Å². The monoisotopic (exact) mass is 389 g/mol. The highest BCUT2D eigenvalue weighted by atomic mass is 32.2. The van der Waals surface area contributed by atoms with Crippen LogP contribution in [0.25, 0.3) is 6.08 Å². The molecule has 1 amide bonds. The maximum absolute atomic E-state index is 12.4. The van der Waals surface area contributed by atoms with Gasteiger partial charge < -0.3 is 9.47 Å². The van der Waals surface area contributed by atoms with Crippen LogP contribution in [0.4, 0.5) is 0 Å². The maximum Gasteiger partial charge on any atom is 0.266 e. The first kappa shape index (κ1) is 18.7. The van der Waals surface area contributed by atoms with Crippen molar-refractivity contribution in [3.8, 4) is 11.5 Å². The van der Waals surface area contributed by atoms with Crippen molar-refractivity contribution in [2.75, 3.05) is 26.5 Å². The zero-order valence-electron chi connectivity index (χ0n) is 12.9. The smallest absolute Gasteiger partial charge is 0.266 e. The number of ether oxygens (including phenoxy) is 2. The summed E-state index contributed by atoms with van der Waals surface area (Å²) < 4.78 is 41.1. The van der Waals surface area contributed by atoms with Gasteiger partial charge in [-0.3, -0.25) is 14.2 Å². The third-order valence-electron chi connectivity index (χ3n) is 3.17. The van der Waals surface area contributed by atoms with Crippen molar-refractivity contribution in [1.82, 2.24) is 4.90 Å². The van der Waals surface area contributed by atoms with Gasteiger partial charge in [-0.1, -0.05) is 24.0 Å². The summed E-state index contributed by atoms with van der Waals surface area (Å²) in [5, 5.41) is 0. The highest BCUT2D eigenvalue weighted by Crippen LogP contribution is 2.35. The Morgan fingerprint density at radius 2 is 2.04 bits per heavy atom. The summed E-state index contributed by atoms with van der Waals surface area (Å²) in [5.41, 5.74) is 0.661. The van der Waals surface area contributed by atoms with Crippen LogP contribution in [0.2, 0.25) is 0 Å². The lowest BCUT2D eigenvalue weighted by Gasteiger charge is -2.12. The second-order valence-electron chi connectivity index (χ2n) is 4.73. The highest BCUT2D eigenvalue weighted by molar-refractivity contribution is 8.26. The fourth-order valence-corrected chi connectivity index (χ4v) is 3.69. The number of thiocarbonyl (C=S) groups is 1. The van der Waals surface area contributed by atoms with Crippen LogP contribution in [0, 0.1) is 0 Å². The van der Waals surface area contributed by atoms with Crippen LogP contribution in [0.1, 0.15) is 5.56 Å². The Balaban J connectivity index is 2.25. The maximum atomic E-state index is 12.4. The molecule has 1 aliphatic rings. The zero-order chi connectivity index (χ0) is 17.9. The van der Waals surface area contributed by atoms with Gasteiger partial charge in [-0.15, -0.1) is 0 Å². The molecule has 0 bridgehead atoms. The van der Waals surface area contributed by atoms with Crippen molar-refractivity contribution in [2.45, 2.75) is 0 Å². The Morgan fingerprint density at radius 1 is 1.33 bits per heavy atom. The molecular weight excluding hydrogens is 374 g/mol. The van der Waals surface area contributed by atoms with E-state index in [1.54, 1.807) is 24.3 Å². The molecule has 130 valence electrons. The lowest BCUT2D eigenvalue weighted by molar-refractivity contribution is -0.121. The number of hydrogen-bond acceptors (Lipinski definition) is 7. The Labute approximate surface area is 149 Å². The molecule has 1 heterocycles. The van der Waals surface area contributed by atoms with E-state index in [-0.39, 0.29) is 10.9 Å². The average Bonchev–Trinajstić information content (AvgIpc) is 2.79. The number of thioether (sulfide) groups is 1. The minimum absolute atomic E-state index is 0.194. The van der Waals surface area contributed by atoms with Gasteiger partial charge in [-0.05, 0) is 18.2 Å². The van der Waals surface area contributed by atoms with Gasteiger partial charge >= 0.3 is 0 Å². The molecule has 1 fully saturated rings. The molecule has 0 saturated carbocycles. The predicted octanol–water partition coefficient (Wildman–Crippen LogP) is 1.79. The molecule has 0 spiro atoms. The number of hydrogen-bond donors (Lipinski definition) is 1. The van der Waals surface area contributed by atoms with E-state index in [9.17, 15) is 13.2 Å². The van der Waals surface area contributed by atoms with Crippen molar-refractivity contribution < 1.29 is 27.2 Å². The molecule has 2 rings (SSSR count). The van der Waals surface area contributed by atoms with Crippen LogP contribution in [0.3, 0.4) is 0 Å². The summed E-state index contributed by atoms with van der Waals surface area (Å²) in [6.07, 6.45) is 1.62. The molecule has 10 heteroatoms. The third kappa shape index (κ3) is 4.47. The van der Waals surface area contributed by atoms with Gasteiger partial charge in [0.05, 0.1) is 24.9 Å². The lowest BCUT2D eigenvalue weighted by atomic mass is 10.1. The Bertz CT molecular complexity index is 803. The van der Waals surface area contributed by atoms with E-state index in [0.717, 1.165) is 16.7 Å². The fourth-order valence-electron chi connectivity index (χ4n) is 1.98. The molecule has 1 aromatic rings. The largest absolute Gasteiger partial charge is 0.497 e. The van der Waals surface area contributed by atoms with Crippen LogP contribution in [0.15, 0.2) is 23.1 Å². The molecule has 0 aromatic heterocycles. The molecule has 7 nitrogen and oxygen atoms in total. The predicted molar refractivity (Wildman–Crippen MR) is 95.8 cm³/mol. The van der Waals surface area contributed by atoms with Crippen molar-refractivity contribution in [2.24, 2.45) is 0 Å². The first-order valence-electron chi connectivity index (χ1n) is 6.67. The highest BCUT2D eigenvalue weighted by Gasteiger charge is 2.32. The number of rotatable bonds is 6. The first-order valence-corrected chi connectivity index (χ1v) is 9.51. The van der Waals surface area contributed by atoms with Crippen molar-refractivity contribution in [3.63, 3.8) is 0 Å². The number of carbonyl (C=O) groups excluding carboxylic acids is 1. The lowest BCUT2D eigenvalue weighted by Crippen LogP contribution is -2.32. The third-order valence-corrected chi connectivity index (χ3v) is 5.25. The standard InChI is InChI=1S/C14H15NO6S3/c1-20-10-4-3-9(11(8-10)21-2)7-12-13(16)15(14(22)23-12)5-6-24(17,18)19/h3-4,7-8H,5-6H2,1-2H3,(H,17,18,19). The van der Waals surface area contributed by atoms with E-state index in [0.29, 0.717) is 22.0 Å². The normalized spacial score (nSPS) is 16.8. The second-order valence-corrected chi connectivity index (χ2v) is 7.98. The number of benzene rings is 1. The summed E-state index contributed by atoms with van der Waals surface area (Å²) in [5.74, 6) is 0.159. The number of amides is 1. The molecule has 1 aliphatic heterocycles. The van der Waals surface area contributed by atoms with E-state index < -0.39 is 21.8 Å². The summed E-state index contributed by atoms with van der Waals surface area (Å²) >= 11 is 6.16. The zero-order valence-corrected chi connectivity index (χ0v) is 15.3. The summed E-state index contributed by atoms with van der Waals surface area (Å²) in [6, 6.07) is 5.15. The van der Waals surface area contributed by atoms with Gasteiger partial charge in [0.2, 0.25) is 0 Å². The molecule has 1 N–H and O–H groups in total. The van der Waals surface area contributed by atoms with Crippen LogP contribution >= 0.6 is 24.0 Å². The SMILES string of the molecule is COc1ccc(C=C2SC(=S)N(CCS(=O)(=O)O)C2=O)c(OC)c1. The van der Waals surface area contributed by atoms with Crippen molar-refractivity contribution >= 4 is 50.4 Å². The van der Waals surface area contributed by atoms with Gasteiger partial charge in [0, 0.05) is 18.2 Å². The molecule has 24 heavy (non-hydrogen) atoms. The molecule has 0 aliphatic carbocycles. The summed E-state index contributed by atoms with van der Waals surface area (Å²) in [6.45, 7) is -0.194. The number of carbonyl (C=O) groups is 1. The molecule has 1 aromatic carbocycles. The molecular formula is C14H15NO6S3. The number of nitrogens with zero attached hydrogens (tertiary/aromatic N) is 1. The van der Waals surface area contributed by atoms with Crippen LogP contribution in [-0.4, -0.2) is 54.6 Å². The Hall–Kier alpha value is -1.62. The van der Waals surface area contributed by atoms with E-state index in [4.69, 9.17) is 26.2 Å². The van der Waals surface area contributed by atoms with Crippen molar-refractivity contribution in [1.29, 1.82) is 0 Å². The average molecular weight is 389 g/mol. The van der Waals surface area contributed by atoms with Gasteiger partial charge in [0.1, 0.15) is 15.8 Å². The minimum atomic E-state index is -4.17. The number of methoxy groups -OCH3 is 2. The second kappa shape index (κ2) is 7.51. The Morgan fingerprint density at radius 3 is 2.62 bits per heavy atom. The quantitative estimate of drug-likeness (QED) is 0.447. The fraction of sp³-hybridized carbons (Fsp3) is 0.286. The first-order chi connectivity index (χ1) is 11.2.